The van der Waals surface area contributed by atoms with Gasteiger partial charge in [-0.05, 0) is 30.7 Å². The van der Waals surface area contributed by atoms with Crippen LogP contribution in [0.1, 0.15) is 56.5 Å². The fourth-order valence-electron chi connectivity index (χ4n) is 3.71. The van der Waals surface area contributed by atoms with Gasteiger partial charge >= 0.3 is 0 Å². The minimum absolute atomic E-state index is 0.138. The molecule has 0 saturated carbocycles. The Labute approximate surface area is 120 Å². The molecule has 1 aliphatic carbocycles. The van der Waals surface area contributed by atoms with Crippen LogP contribution in [0.2, 0.25) is 0 Å². The smallest absolute Gasteiger partial charge is 0.222 e. The van der Waals surface area contributed by atoms with Gasteiger partial charge in [-0.15, -0.1) is 0 Å². The number of piperidine rings is 1. The molecule has 110 valence electrons. The molecule has 1 N–H and O–H groups in total. The highest BCUT2D eigenvalue weighted by molar-refractivity contribution is 5.76. The maximum atomic E-state index is 11.6. The quantitative estimate of drug-likeness (QED) is 0.855. The van der Waals surface area contributed by atoms with E-state index in [1.54, 1.807) is 0 Å². The maximum absolute atomic E-state index is 11.6. The van der Waals surface area contributed by atoms with Gasteiger partial charge in [-0.25, -0.2) is 0 Å². The third kappa shape index (κ3) is 2.26. The molecular formula is C16H24N2O2. The van der Waals surface area contributed by atoms with E-state index in [0.29, 0.717) is 12.5 Å². The van der Waals surface area contributed by atoms with Crippen LogP contribution in [0.3, 0.4) is 0 Å². The van der Waals surface area contributed by atoms with Crippen LogP contribution in [0.15, 0.2) is 12.3 Å². The summed E-state index contributed by atoms with van der Waals surface area (Å²) in [5.41, 5.74) is 2.49. The highest BCUT2D eigenvalue weighted by atomic mass is 16.3. The second-order valence-electron chi connectivity index (χ2n) is 7.15. The summed E-state index contributed by atoms with van der Waals surface area (Å²) in [5, 5.41) is 10.3. The third-order valence-electron chi connectivity index (χ3n) is 4.81. The maximum Gasteiger partial charge on any atom is 0.222 e. The molecule has 1 aromatic heterocycles. The van der Waals surface area contributed by atoms with Crippen LogP contribution in [-0.4, -0.2) is 34.1 Å². The summed E-state index contributed by atoms with van der Waals surface area (Å²) in [5.74, 6) is 0.239. The predicted molar refractivity (Wildman–Crippen MR) is 77.4 cm³/mol. The third-order valence-corrected chi connectivity index (χ3v) is 4.81. The Kier molecular flexibility index (Phi) is 3.16. The van der Waals surface area contributed by atoms with Gasteiger partial charge in [-0.2, -0.15) is 0 Å². The topological polar surface area (TPSA) is 45.5 Å². The lowest BCUT2D eigenvalue weighted by atomic mass is 9.75. The first-order chi connectivity index (χ1) is 9.37. The van der Waals surface area contributed by atoms with Crippen LogP contribution in [0.4, 0.5) is 0 Å². The summed E-state index contributed by atoms with van der Waals surface area (Å²) < 4.78 is 2.31. The standard InChI is InChI=1S/C16H24N2O2/c1-16(2)8-13-12(14(19)9-16)6-7-18(13)11-4-5-15(20)17(3)10-11/h6-7,11,14,19H,4-5,8-10H2,1-3H3. The summed E-state index contributed by atoms with van der Waals surface area (Å²) in [6.45, 7) is 5.20. The molecule has 0 bridgehead atoms. The summed E-state index contributed by atoms with van der Waals surface area (Å²) >= 11 is 0. The van der Waals surface area contributed by atoms with Crippen molar-refractivity contribution in [3.05, 3.63) is 23.5 Å². The first-order valence-electron chi connectivity index (χ1n) is 7.49. The molecule has 0 aromatic carbocycles. The number of aliphatic hydroxyl groups is 1. The molecule has 2 atom stereocenters. The number of likely N-dealkylation sites (tertiary alicyclic amines) is 1. The van der Waals surface area contributed by atoms with Gasteiger partial charge in [0.25, 0.3) is 0 Å². The van der Waals surface area contributed by atoms with Crippen molar-refractivity contribution < 1.29 is 9.90 Å². The molecule has 3 rings (SSSR count). The van der Waals surface area contributed by atoms with Crippen LogP contribution in [-0.2, 0) is 11.2 Å². The van der Waals surface area contributed by atoms with E-state index in [4.69, 9.17) is 0 Å². The molecule has 20 heavy (non-hydrogen) atoms. The van der Waals surface area contributed by atoms with E-state index >= 15 is 0 Å². The minimum Gasteiger partial charge on any atom is -0.388 e. The van der Waals surface area contributed by atoms with Crippen molar-refractivity contribution in [3.8, 4) is 0 Å². The Bertz CT molecular complexity index is 533. The van der Waals surface area contributed by atoms with Crippen LogP contribution in [0.25, 0.3) is 0 Å². The zero-order chi connectivity index (χ0) is 14.5. The predicted octanol–water partition coefficient (Wildman–Crippen LogP) is 2.29. The molecule has 1 aliphatic heterocycles. The first-order valence-corrected chi connectivity index (χ1v) is 7.49. The van der Waals surface area contributed by atoms with Gasteiger partial charge in [0.2, 0.25) is 5.91 Å². The number of carbonyl (C=O) groups excluding carboxylic acids is 1. The van der Waals surface area contributed by atoms with E-state index in [0.717, 1.165) is 31.4 Å². The van der Waals surface area contributed by atoms with Gasteiger partial charge in [-0.3, -0.25) is 4.79 Å². The summed E-state index contributed by atoms with van der Waals surface area (Å²) in [6, 6.07) is 2.41. The molecule has 2 unspecified atom stereocenters. The summed E-state index contributed by atoms with van der Waals surface area (Å²) in [7, 11) is 1.88. The molecule has 0 spiro atoms. The van der Waals surface area contributed by atoms with Crippen molar-refractivity contribution in [1.29, 1.82) is 0 Å². The summed E-state index contributed by atoms with van der Waals surface area (Å²) in [6.07, 6.45) is 5.11. The number of carbonyl (C=O) groups is 1. The van der Waals surface area contributed by atoms with Gasteiger partial charge in [0.05, 0.1) is 12.1 Å². The Balaban J connectivity index is 1.91. The highest BCUT2D eigenvalue weighted by Crippen LogP contribution is 2.42. The lowest BCUT2D eigenvalue weighted by Crippen LogP contribution is -2.38. The zero-order valence-corrected chi connectivity index (χ0v) is 12.6. The van der Waals surface area contributed by atoms with Crippen LogP contribution < -0.4 is 0 Å². The van der Waals surface area contributed by atoms with Crippen molar-refractivity contribution >= 4 is 5.91 Å². The van der Waals surface area contributed by atoms with Gasteiger partial charge in [0.1, 0.15) is 0 Å². The number of likely N-dealkylation sites (N-methyl/N-ethyl adjacent to an activating group) is 1. The Hall–Kier alpha value is -1.29. The van der Waals surface area contributed by atoms with Crippen molar-refractivity contribution in [1.82, 2.24) is 9.47 Å². The lowest BCUT2D eigenvalue weighted by Gasteiger charge is -2.37. The molecule has 1 saturated heterocycles. The van der Waals surface area contributed by atoms with E-state index in [1.807, 2.05) is 11.9 Å². The second kappa shape index (κ2) is 4.62. The van der Waals surface area contributed by atoms with Crippen LogP contribution in [0, 0.1) is 5.41 Å². The Morgan fingerprint density at radius 2 is 2.15 bits per heavy atom. The fraction of sp³-hybridized carbons (Fsp3) is 0.688. The monoisotopic (exact) mass is 276 g/mol. The number of fused-ring (bicyclic) bond motifs is 1. The van der Waals surface area contributed by atoms with Crippen molar-refractivity contribution in [2.24, 2.45) is 5.41 Å². The number of rotatable bonds is 1. The van der Waals surface area contributed by atoms with E-state index < -0.39 is 0 Å². The molecule has 2 aliphatic rings. The Morgan fingerprint density at radius 1 is 1.40 bits per heavy atom. The largest absolute Gasteiger partial charge is 0.388 e. The van der Waals surface area contributed by atoms with E-state index in [-0.39, 0.29) is 17.4 Å². The van der Waals surface area contributed by atoms with Crippen LogP contribution >= 0.6 is 0 Å². The Morgan fingerprint density at radius 3 is 2.85 bits per heavy atom. The molecule has 1 aromatic rings. The zero-order valence-electron chi connectivity index (χ0n) is 12.6. The molecule has 4 nitrogen and oxygen atoms in total. The number of aliphatic hydroxyl groups excluding tert-OH is 1. The van der Waals surface area contributed by atoms with Gasteiger partial charge < -0.3 is 14.6 Å². The number of nitrogens with zero attached hydrogens (tertiary/aromatic N) is 2. The van der Waals surface area contributed by atoms with Crippen molar-refractivity contribution in [3.63, 3.8) is 0 Å². The first kappa shape index (κ1) is 13.7. The molecule has 4 heteroatoms. The highest BCUT2D eigenvalue weighted by Gasteiger charge is 2.35. The summed E-state index contributed by atoms with van der Waals surface area (Å²) in [4.78, 5) is 13.5. The van der Waals surface area contributed by atoms with Crippen molar-refractivity contribution in [2.75, 3.05) is 13.6 Å². The van der Waals surface area contributed by atoms with E-state index in [2.05, 4.69) is 30.7 Å². The molecule has 0 radical (unpaired) electrons. The van der Waals surface area contributed by atoms with E-state index in [1.165, 1.54) is 5.69 Å². The second-order valence-corrected chi connectivity index (χ2v) is 7.15. The fourth-order valence-corrected chi connectivity index (χ4v) is 3.71. The number of hydrogen-bond acceptors (Lipinski definition) is 2. The molecule has 1 fully saturated rings. The van der Waals surface area contributed by atoms with Crippen LogP contribution in [0.5, 0.6) is 0 Å². The lowest BCUT2D eigenvalue weighted by molar-refractivity contribution is -0.132. The van der Waals surface area contributed by atoms with Gasteiger partial charge in [-0.1, -0.05) is 13.8 Å². The average Bonchev–Trinajstić information content (AvgIpc) is 2.75. The average molecular weight is 276 g/mol. The van der Waals surface area contributed by atoms with Gasteiger partial charge in [0.15, 0.2) is 0 Å². The molecule has 1 amide bonds. The minimum atomic E-state index is -0.349. The SMILES string of the molecule is CN1CC(n2ccc3c2CC(C)(C)CC3O)CCC1=O. The number of hydrogen-bond donors (Lipinski definition) is 1. The number of aromatic nitrogens is 1. The van der Waals surface area contributed by atoms with E-state index in [9.17, 15) is 9.90 Å². The van der Waals surface area contributed by atoms with Crippen molar-refractivity contribution in [2.45, 2.75) is 51.7 Å². The normalized spacial score (nSPS) is 29.4. The molecular weight excluding hydrogens is 252 g/mol. The number of amides is 1. The van der Waals surface area contributed by atoms with Gasteiger partial charge in [0, 0.05) is 37.5 Å². The molecule has 2 heterocycles.